The number of anilines is 1. The molecule has 2 N–H and O–H groups in total. The molecule has 0 bridgehead atoms. The summed E-state index contributed by atoms with van der Waals surface area (Å²) in [5.41, 5.74) is 4.82. The minimum Gasteiger partial charge on any atom is -0.569 e. The van der Waals surface area contributed by atoms with Gasteiger partial charge < -0.3 is 14.8 Å². The van der Waals surface area contributed by atoms with Gasteiger partial charge in [-0.3, -0.25) is 20.0 Å². The minimum absolute atomic E-state index is 0.00486. The maximum absolute atomic E-state index is 13.0. The highest BCUT2D eigenvalue weighted by Crippen LogP contribution is 2.30. The summed E-state index contributed by atoms with van der Waals surface area (Å²) in [7, 11) is -4.30. The average Bonchev–Trinajstić information content (AvgIpc) is 3.21. The van der Waals surface area contributed by atoms with Crippen molar-refractivity contribution in [3.05, 3.63) is 63.8 Å². The third-order valence-corrected chi connectivity index (χ3v) is 7.57. The van der Waals surface area contributed by atoms with Crippen molar-refractivity contribution in [1.29, 1.82) is 0 Å². The molecule has 1 aliphatic rings. The van der Waals surface area contributed by atoms with Crippen LogP contribution in [0.25, 0.3) is 0 Å². The molecule has 15 heteroatoms. The lowest BCUT2D eigenvalue weighted by atomic mass is 10.1. The number of carbonyl (C=O) groups excluding carboxylic acids is 2. The molecular formula is C23H29ClN6O7S. The number of carbonyl (C=O) groups is 2. The van der Waals surface area contributed by atoms with Gasteiger partial charge in [0.25, 0.3) is 12.7 Å². The van der Waals surface area contributed by atoms with Crippen LogP contribution in [-0.4, -0.2) is 62.7 Å². The number of hydrogen-bond acceptors (Lipinski definition) is 9. The van der Waals surface area contributed by atoms with Gasteiger partial charge in [0, 0.05) is 5.56 Å². The maximum Gasteiger partial charge on any atom is 0.323 e. The first kappa shape index (κ1) is 28.9. The monoisotopic (exact) mass is 568 g/mol. The fourth-order valence-electron chi connectivity index (χ4n) is 3.73. The van der Waals surface area contributed by atoms with Gasteiger partial charge in [0.05, 0.1) is 34.8 Å². The van der Waals surface area contributed by atoms with Gasteiger partial charge in [0.1, 0.15) is 11.4 Å². The molecule has 0 saturated heterocycles. The number of ether oxygens (including phenoxy) is 1. The molecule has 2 aromatic carbocycles. The van der Waals surface area contributed by atoms with Crippen LogP contribution in [0.4, 0.5) is 5.69 Å². The summed E-state index contributed by atoms with van der Waals surface area (Å²) in [5.74, 6) is -1.52. The molecule has 1 amide bonds. The van der Waals surface area contributed by atoms with Crippen LogP contribution in [0.1, 0.15) is 36.7 Å². The molecule has 13 nitrogen and oxygen atoms in total. The van der Waals surface area contributed by atoms with Crippen LogP contribution in [0.3, 0.4) is 0 Å². The highest BCUT2D eigenvalue weighted by molar-refractivity contribution is 7.89. The molecule has 0 fully saturated rings. The van der Waals surface area contributed by atoms with Gasteiger partial charge in [-0.1, -0.05) is 29.8 Å². The van der Waals surface area contributed by atoms with E-state index in [0.717, 1.165) is 23.7 Å². The Hall–Kier alpha value is -3.62. The summed E-state index contributed by atoms with van der Waals surface area (Å²) >= 11 is 6.09. The number of fused-ring (bicyclic) bond motifs is 1. The standard InChI is InChI=1S/C23H29ClN6O7S/c1-4-28(5-2)30(33)27-37-15-36-22(31)14-25-38(34,35)21-13-18(10-11-19(21)24)23(32)26-29-16(3)12-17-8-6-7-9-20(17)29/h6-11,13,16,25H,4-5,12,14-15H2,1-3H3,(H,26,32). The molecule has 206 valence electrons. The number of amides is 1. The van der Waals surface area contributed by atoms with Crippen molar-refractivity contribution in [2.45, 2.75) is 38.1 Å². The number of hydrogen-bond donors (Lipinski definition) is 2. The number of benzene rings is 2. The van der Waals surface area contributed by atoms with Gasteiger partial charge in [-0.15, -0.1) is 5.01 Å². The highest BCUT2D eigenvalue weighted by atomic mass is 35.5. The molecule has 1 atom stereocenters. The van der Waals surface area contributed by atoms with Gasteiger partial charge in [0.2, 0.25) is 15.3 Å². The Labute approximate surface area is 225 Å². The van der Waals surface area contributed by atoms with Gasteiger partial charge in [0.15, 0.2) is 0 Å². The molecular weight excluding hydrogens is 540 g/mol. The Balaban J connectivity index is 1.59. The second-order valence-electron chi connectivity index (χ2n) is 8.20. The zero-order valence-electron chi connectivity index (χ0n) is 21.1. The quantitative estimate of drug-likeness (QED) is 0.0979. The zero-order chi connectivity index (χ0) is 27.9. The number of halogens is 1. The van der Waals surface area contributed by atoms with Crippen molar-refractivity contribution in [2.24, 2.45) is 5.28 Å². The molecule has 2 aromatic rings. The fourth-order valence-corrected chi connectivity index (χ4v) is 5.22. The van der Waals surface area contributed by atoms with E-state index in [2.05, 4.69) is 20.3 Å². The lowest BCUT2D eigenvalue weighted by Gasteiger charge is -2.25. The Morgan fingerprint density at radius 2 is 1.95 bits per heavy atom. The normalized spacial score (nSPS) is 15.1. The number of sulfonamides is 1. The van der Waals surface area contributed by atoms with Crippen molar-refractivity contribution in [3.63, 3.8) is 0 Å². The third kappa shape index (κ3) is 7.02. The van der Waals surface area contributed by atoms with Crippen LogP contribution < -0.4 is 15.2 Å². The van der Waals surface area contributed by atoms with E-state index >= 15 is 0 Å². The van der Waals surface area contributed by atoms with E-state index in [1.165, 1.54) is 17.1 Å². The van der Waals surface area contributed by atoms with E-state index in [-0.39, 0.29) is 26.5 Å². The van der Waals surface area contributed by atoms with E-state index < -0.39 is 35.2 Å². The predicted octanol–water partition coefficient (Wildman–Crippen LogP) is 2.37. The SMILES string of the molecule is CCN(CC)[N+]([O-])=NOCOC(=O)CNS(=O)(=O)c1cc(C(=O)NN2c3ccccc3CC2C)ccc1Cl. The molecule has 0 saturated carbocycles. The van der Waals surface area contributed by atoms with Crippen molar-refractivity contribution in [2.75, 3.05) is 31.4 Å². The summed E-state index contributed by atoms with van der Waals surface area (Å²) < 4.78 is 32.4. The largest absolute Gasteiger partial charge is 0.569 e. The summed E-state index contributed by atoms with van der Waals surface area (Å²) in [4.78, 5) is 29.3. The lowest BCUT2D eigenvalue weighted by molar-refractivity contribution is -0.710. The number of nitrogens with one attached hydrogen (secondary N) is 2. The molecule has 0 radical (unpaired) electrons. The van der Waals surface area contributed by atoms with E-state index in [4.69, 9.17) is 16.3 Å². The molecule has 1 aliphatic heterocycles. The highest BCUT2D eigenvalue weighted by Gasteiger charge is 2.28. The Kier molecular flexibility index (Phi) is 9.72. The van der Waals surface area contributed by atoms with Gasteiger partial charge in [-0.25, -0.2) is 8.42 Å². The third-order valence-electron chi connectivity index (χ3n) is 5.69. The summed E-state index contributed by atoms with van der Waals surface area (Å²) in [6, 6.07) is 11.5. The van der Waals surface area contributed by atoms with Crippen LogP contribution in [0.2, 0.25) is 5.02 Å². The Morgan fingerprint density at radius 1 is 1.24 bits per heavy atom. The van der Waals surface area contributed by atoms with Gasteiger partial charge in [-0.05, 0) is 57.0 Å². The first-order valence-electron chi connectivity index (χ1n) is 11.7. The van der Waals surface area contributed by atoms with Crippen LogP contribution in [-0.2, 0) is 30.8 Å². The summed E-state index contributed by atoms with van der Waals surface area (Å²) in [6.07, 6.45) is 0.751. The van der Waals surface area contributed by atoms with Gasteiger partial charge in [-0.2, -0.15) is 4.72 Å². The lowest BCUT2D eigenvalue weighted by Crippen LogP contribution is -2.45. The van der Waals surface area contributed by atoms with Crippen LogP contribution in [0.15, 0.2) is 52.6 Å². The minimum atomic E-state index is -4.30. The molecule has 1 heterocycles. The van der Waals surface area contributed by atoms with E-state index in [0.29, 0.717) is 13.1 Å². The molecule has 1 unspecified atom stereocenters. The number of esters is 1. The second kappa shape index (κ2) is 12.8. The Bertz CT molecular complexity index is 1300. The molecule has 3 rings (SSSR count). The fraction of sp³-hybridized carbons (Fsp3) is 0.391. The van der Waals surface area contributed by atoms with E-state index in [9.17, 15) is 23.2 Å². The van der Waals surface area contributed by atoms with E-state index in [1.54, 1.807) is 18.9 Å². The number of rotatable bonds is 12. The molecule has 0 aliphatic carbocycles. The predicted molar refractivity (Wildman–Crippen MR) is 137 cm³/mol. The van der Waals surface area contributed by atoms with Crippen LogP contribution in [0.5, 0.6) is 0 Å². The molecule has 38 heavy (non-hydrogen) atoms. The average molecular weight is 569 g/mol. The maximum atomic E-state index is 13.0. The molecule has 0 spiro atoms. The number of para-hydroxylation sites is 1. The van der Waals surface area contributed by atoms with Crippen LogP contribution in [0, 0.1) is 5.21 Å². The van der Waals surface area contributed by atoms with Gasteiger partial charge >= 0.3 is 5.97 Å². The number of nitrogens with zero attached hydrogens (tertiary/aromatic N) is 4. The van der Waals surface area contributed by atoms with E-state index in [1.807, 2.05) is 31.2 Å². The topological polar surface area (TPSA) is 156 Å². The zero-order valence-corrected chi connectivity index (χ0v) is 22.7. The molecule has 0 aromatic heterocycles. The van der Waals surface area contributed by atoms with Crippen molar-refractivity contribution in [1.82, 2.24) is 15.2 Å². The first-order chi connectivity index (χ1) is 18.1. The number of hydrazine groups is 2. The smallest absolute Gasteiger partial charge is 0.323 e. The van der Waals surface area contributed by atoms with Crippen molar-refractivity contribution in [3.8, 4) is 0 Å². The van der Waals surface area contributed by atoms with Crippen molar-refractivity contribution >= 4 is 39.2 Å². The summed E-state index contributed by atoms with van der Waals surface area (Å²) in [5, 5.41) is 17.7. The second-order valence-corrected chi connectivity index (χ2v) is 10.3. The summed E-state index contributed by atoms with van der Waals surface area (Å²) in [6.45, 7) is 4.79. The van der Waals surface area contributed by atoms with Crippen molar-refractivity contribution < 1.29 is 32.6 Å². The Morgan fingerprint density at radius 3 is 2.66 bits per heavy atom. The van der Waals surface area contributed by atoms with Crippen LogP contribution >= 0.6 is 11.6 Å². The first-order valence-corrected chi connectivity index (χ1v) is 13.6.